The first-order valence-electron chi connectivity index (χ1n) is 10.2. The smallest absolute Gasteiger partial charge is 0.358 e. The topological polar surface area (TPSA) is 107 Å². The quantitative estimate of drug-likeness (QED) is 0.297. The third kappa shape index (κ3) is 5.62. The van der Waals surface area contributed by atoms with Gasteiger partial charge in [-0.25, -0.2) is 9.78 Å². The van der Waals surface area contributed by atoms with Crippen LogP contribution in [0.25, 0.3) is 11.5 Å². The van der Waals surface area contributed by atoms with Crippen LogP contribution in [0.1, 0.15) is 22.6 Å². The van der Waals surface area contributed by atoms with Gasteiger partial charge in [-0.1, -0.05) is 35.5 Å². The summed E-state index contributed by atoms with van der Waals surface area (Å²) in [7, 11) is 0. The van der Waals surface area contributed by atoms with Gasteiger partial charge < -0.3 is 19.1 Å². The minimum atomic E-state index is -1.19. The maximum absolute atomic E-state index is 11.4. The van der Waals surface area contributed by atoms with Gasteiger partial charge in [-0.3, -0.25) is 4.98 Å². The normalized spacial score (nSPS) is 11.2. The van der Waals surface area contributed by atoms with E-state index in [0.717, 1.165) is 16.8 Å². The number of hydrogen-bond acceptors (Lipinski definition) is 7. The maximum Gasteiger partial charge on any atom is 0.358 e. The number of nitrogens with zero attached hydrogens (tertiary/aromatic N) is 3. The number of benzene rings is 2. The molecule has 2 aromatic carbocycles. The first kappa shape index (κ1) is 21.8. The van der Waals surface area contributed by atoms with E-state index in [4.69, 9.17) is 14.0 Å². The van der Waals surface area contributed by atoms with E-state index in [-0.39, 0.29) is 18.9 Å². The molecule has 2 heterocycles. The van der Waals surface area contributed by atoms with Crippen LogP contribution in [0.4, 0.5) is 0 Å². The van der Waals surface area contributed by atoms with Gasteiger partial charge in [0, 0.05) is 23.5 Å². The van der Waals surface area contributed by atoms with Crippen LogP contribution in [0.3, 0.4) is 0 Å². The third-order valence-electron chi connectivity index (χ3n) is 4.74. The first-order chi connectivity index (χ1) is 16.1. The summed E-state index contributed by atoms with van der Waals surface area (Å²) in [6, 6.07) is 20.2. The number of oxime groups is 1. The second kappa shape index (κ2) is 10.2. The molecule has 0 spiro atoms. The van der Waals surface area contributed by atoms with E-state index in [1.165, 1.54) is 6.20 Å². The van der Waals surface area contributed by atoms with Crippen molar-refractivity contribution in [2.45, 2.75) is 20.1 Å². The Morgan fingerprint density at radius 3 is 2.52 bits per heavy atom. The summed E-state index contributed by atoms with van der Waals surface area (Å²) in [4.78, 5) is 25.1. The van der Waals surface area contributed by atoms with Crippen LogP contribution >= 0.6 is 0 Å². The molecule has 0 atom stereocenters. The van der Waals surface area contributed by atoms with Gasteiger partial charge in [-0.2, -0.15) is 0 Å². The fraction of sp³-hybridized carbons (Fsp3) is 0.120. The number of ether oxygens (including phenoxy) is 1. The highest BCUT2D eigenvalue weighted by atomic mass is 16.6. The summed E-state index contributed by atoms with van der Waals surface area (Å²) in [5.41, 5.74) is 2.61. The van der Waals surface area contributed by atoms with Gasteiger partial charge in [0.05, 0.1) is 0 Å². The molecule has 0 aliphatic heterocycles. The van der Waals surface area contributed by atoms with E-state index in [0.29, 0.717) is 23.0 Å². The Labute approximate surface area is 190 Å². The lowest BCUT2D eigenvalue weighted by molar-refractivity contribution is -0.129. The second-order valence-corrected chi connectivity index (χ2v) is 7.08. The molecule has 0 saturated heterocycles. The van der Waals surface area contributed by atoms with Crippen LogP contribution in [0.15, 0.2) is 88.7 Å². The van der Waals surface area contributed by atoms with E-state index in [9.17, 15) is 9.90 Å². The Balaban J connectivity index is 1.33. The number of carbonyl (C=O) groups is 1. The largest absolute Gasteiger partial charge is 0.487 e. The predicted molar refractivity (Wildman–Crippen MR) is 121 cm³/mol. The Morgan fingerprint density at radius 1 is 1.03 bits per heavy atom. The summed E-state index contributed by atoms with van der Waals surface area (Å²) in [6.07, 6.45) is 2.97. The van der Waals surface area contributed by atoms with E-state index in [1.807, 2.05) is 49.4 Å². The van der Waals surface area contributed by atoms with Crippen molar-refractivity contribution >= 4 is 11.7 Å². The second-order valence-electron chi connectivity index (χ2n) is 7.08. The zero-order chi connectivity index (χ0) is 23.0. The molecule has 0 fully saturated rings. The van der Waals surface area contributed by atoms with Crippen molar-refractivity contribution < 1.29 is 23.9 Å². The average molecular weight is 443 g/mol. The Morgan fingerprint density at radius 2 is 1.82 bits per heavy atom. The highest BCUT2D eigenvalue weighted by molar-refractivity contribution is 6.42. The summed E-state index contributed by atoms with van der Waals surface area (Å²) in [5, 5.41) is 13.1. The van der Waals surface area contributed by atoms with Gasteiger partial charge >= 0.3 is 5.97 Å². The lowest BCUT2D eigenvalue weighted by Crippen LogP contribution is -2.15. The van der Waals surface area contributed by atoms with Crippen molar-refractivity contribution in [2.75, 3.05) is 0 Å². The number of aromatic nitrogens is 2. The SMILES string of the molecule is Cc1oc(-c2ccccc2)nc1COc1ccc(CO/N=C(/C(=O)O)c2cccnc2)cc1. The first-order valence-corrected chi connectivity index (χ1v) is 10.2. The maximum atomic E-state index is 11.4. The number of rotatable bonds is 9. The Hall–Kier alpha value is -4.46. The molecule has 166 valence electrons. The Kier molecular flexibility index (Phi) is 6.75. The van der Waals surface area contributed by atoms with Crippen LogP contribution in [0, 0.1) is 6.92 Å². The molecule has 0 unspecified atom stereocenters. The molecule has 0 bridgehead atoms. The number of hydrogen-bond donors (Lipinski definition) is 1. The summed E-state index contributed by atoms with van der Waals surface area (Å²) >= 11 is 0. The molecular weight excluding hydrogens is 422 g/mol. The molecule has 0 amide bonds. The molecular formula is C25H21N3O5. The molecule has 0 aliphatic rings. The summed E-state index contributed by atoms with van der Waals surface area (Å²) in [5.74, 6) is 0.740. The lowest BCUT2D eigenvalue weighted by atomic mass is 10.2. The fourth-order valence-electron chi connectivity index (χ4n) is 2.99. The average Bonchev–Trinajstić information content (AvgIpc) is 3.22. The monoisotopic (exact) mass is 443 g/mol. The zero-order valence-corrected chi connectivity index (χ0v) is 17.8. The lowest BCUT2D eigenvalue weighted by Gasteiger charge is -2.06. The number of carboxylic acid groups (broad SMARTS) is 1. The number of pyridine rings is 1. The molecule has 1 N–H and O–H groups in total. The molecule has 4 aromatic rings. The standard InChI is InChI=1S/C25H21N3O5/c1-17-22(27-24(33-17)19-6-3-2-4-7-19)16-31-21-11-9-18(10-12-21)15-32-28-23(25(29)30)20-8-5-13-26-14-20/h2-14H,15-16H2,1H3,(H,29,30)/b28-23+. The molecule has 0 radical (unpaired) electrons. The molecule has 8 heteroatoms. The highest BCUT2D eigenvalue weighted by Crippen LogP contribution is 2.23. The van der Waals surface area contributed by atoms with Crippen LogP contribution in [0.5, 0.6) is 5.75 Å². The van der Waals surface area contributed by atoms with Gasteiger partial charge in [0.2, 0.25) is 5.89 Å². The van der Waals surface area contributed by atoms with Crippen molar-refractivity contribution in [3.8, 4) is 17.2 Å². The Bertz CT molecular complexity index is 1240. The predicted octanol–water partition coefficient (Wildman–Crippen LogP) is 4.63. The molecule has 33 heavy (non-hydrogen) atoms. The molecule has 2 aromatic heterocycles. The van der Waals surface area contributed by atoms with Crippen LogP contribution in [0.2, 0.25) is 0 Å². The minimum Gasteiger partial charge on any atom is -0.487 e. The van der Waals surface area contributed by atoms with Crippen LogP contribution < -0.4 is 4.74 Å². The van der Waals surface area contributed by atoms with Crippen molar-refractivity contribution in [1.29, 1.82) is 0 Å². The van der Waals surface area contributed by atoms with E-state index >= 15 is 0 Å². The third-order valence-corrected chi connectivity index (χ3v) is 4.74. The molecule has 4 rings (SSSR count). The van der Waals surface area contributed by atoms with Gasteiger partial charge in [0.15, 0.2) is 5.71 Å². The van der Waals surface area contributed by atoms with Gasteiger partial charge in [-0.15, -0.1) is 0 Å². The van der Waals surface area contributed by atoms with Crippen LogP contribution in [-0.4, -0.2) is 26.8 Å². The number of oxazole rings is 1. The number of aryl methyl sites for hydroxylation is 1. The van der Waals surface area contributed by atoms with Crippen molar-refractivity contribution in [3.05, 3.63) is 102 Å². The summed E-state index contributed by atoms with van der Waals surface area (Å²) < 4.78 is 11.6. The fourth-order valence-corrected chi connectivity index (χ4v) is 2.99. The van der Waals surface area contributed by atoms with Crippen molar-refractivity contribution in [1.82, 2.24) is 9.97 Å². The van der Waals surface area contributed by atoms with Gasteiger partial charge in [-0.05, 0) is 48.9 Å². The number of aliphatic carboxylic acids is 1. The van der Waals surface area contributed by atoms with Crippen molar-refractivity contribution in [2.24, 2.45) is 5.16 Å². The van der Waals surface area contributed by atoms with E-state index in [1.54, 1.807) is 30.5 Å². The van der Waals surface area contributed by atoms with E-state index < -0.39 is 5.97 Å². The molecule has 8 nitrogen and oxygen atoms in total. The van der Waals surface area contributed by atoms with E-state index in [2.05, 4.69) is 15.1 Å². The van der Waals surface area contributed by atoms with Crippen molar-refractivity contribution in [3.63, 3.8) is 0 Å². The van der Waals surface area contributed by atoms with Gasteiger partial charge in [0.25, 0.3) is 0 Å². The highest BCUT2D eigenvalue weighted by Gasteiger charge is 2.14. The summed E-state index contributed by atoms with van der Waals surface area (Å²) in [6.45, 7) is 2.24. The minimum absolute atomic E-state index is 0.111. The molecule has 0 saturated carbocycles. The zero-order valence-electron chi connectivity index (χ0n) is 17.8. The number of carboxylic acids is 1. The molecule has 0 aliphatic carbocycles. The van der Waals surface area contributed by atoms with Gasteiger partial charge in [0.1, 0.15) is 30.4 Å². The van der Waals surface area contributed by atoms with Crippen LogP contribution in [-0.2, 0) is 22.8 Å².